The Labute approximate surface area is 225 Å². The van der Waals surface area contributed by atoms with Crippen LogP contribution < -0.4 is 4.90 Å². The lowest BCUT2D eigenvalue weighted by molar-refractivity contribution is 0.249. The van der Waals surface area contributed by atoms with Gasteiger partial charge in [-0.2, -0.15) is 9.61 Å². The van der Waals surface area contributed by atoms with Crippen LogP contribution in [0.2, 0.25) is 0 Å². The summed E-state index contributed by atoms with van der Waals surface area (Å²) < 4.78 is 2.08. The summed E-state index contributed by atoms with van der Waals surface area (Å²) in [6.07, 6.45) is 0. The molecule has 1 aliphatic rings. The molecule has 3 heterocycles. The average molecular weight is 504 g/mol. The molecule has 0 bridgehead atoms. The minimum absolute atomic E-state index is 0.0592. The quantitative estimate of drug-likeness (QED) is 0.271. The van der Waals surface area contributed by atoms with Crippen LogP contribution in [0.25, 0.3) is 27.5 Å². The standard InChI is InChI=1S/C33H37N5/c1-23-15-16-25-11-9-10-14-27(25)28(23)22-36-17-19-37(20-18-36)30-21-29(33(3,4)5)34-32-31(24(2)35-38(30)32)26-12-7-6-8-13-26/h6-16,21H,17-20,22H2,1-5H3. The molecule has 0 aliphatic carbocycles. The lowest BCUT2D eigenvalue weighted by atomic mass is 9.91. The molecule has 0 amide bonds. The third kappa shape index (κ3) is 4.45. The van der Waals surface area contributed by atoms with Crippen molar-refractivity contribution in [2.24, 2.45) is 0 Å². The summed E-state index contributed by atoms with van der Waals surface area (Å²) in [5, 5.41) is 7.72. The lowest BCUT2D eigenvalue weighted by Crippen LogP contribution is -2.46. The second-order valence-electron chi connectivity index (χ2n) is 11.7. The van der Waals surface area contributed by atoms with Crippen LogP contribution in [0.3, 0.4) is 0 Å². The molecular weight excluding hydrogens is 466 g/mol. The molecule has 5 nitrogen and oxygen atoms in total. The maximum atomic E-state index is 5.17. The maximum Gasteiger partial charge on any atom is 0.165 e. The van der Waals surface area contributed by atoms with Crippen LogP contribution in [0.4, 0.5) is 5.82 Å². The molecule has 0 atom stereocenters. The van der Waals surface area contributed by atoms with Gasteiger partial charge in [0.25, 0.3) is 0 Å². The predicted octanol–water partition coefficient (Wildman–Crippen LogP) is 6.79. The highest BCUT2D eigenvalue weighted by atomic mass is 15.4. The number of benzene rings is 3. The van der Waals surface area contributed by atoms with Crippen LogP contribution >= 0.6 is 0 Å². The molecule has 0 spiro atoms. The molecule has 0 saturated carbocycles. The van der Waals surface area contributed by atoms with Gasteiger partial charge in [0.05, 0.1) is 11.4 Å². The molecule has 3 aromatic carbocycles. The Balaban J connectivity index is 1.32. The monoisotopic (exact) mass is 503 g/mol. The van der Waals surface area contributed by atoms with E-state index in [4.69, 9.17) is 10.1 Å². The number of rotatable bonds is 4. The number of nitrogens with zero attached hydrogens (tertiary/aromatic N) is 5. The molecule has 38 heavy (non-hydrogen) atoms. The lowest BCUT2D eigenvalue weighted by Gasteiger charge is -2.37. The first kappa shape index (κ1) is 24.6. The van der Waals surface area contributed by atoms with Gasteiger partial charge in [0, 0.05) is 49.8 Å². The molecule has 2 aromatic heterocycles. The van der Waals surface area contributed by atoms with Gasteiger partial charge < -0.3 is 4.90 Å². The minimum Gasteiger partial charge on any atom is -0.354 e. The molecule has 5 aromatic rings. The second-order valence-corrected chi connectivity index (χ2v) is 11.7. The van der Waals surface area contributed by atoms with Gasteiger partial charge in [-0.1, -0.05) is 87.5 Å². The predicted molar refractivity (Wildman–Crippen MR) is 158 cm³/mol. The second kappa shape index (κ2) is 9.55. The third-order valence-electron chi connectivity index (χ3n) is 7.93. The fraction of sp³-hybridized carbons (Fsp3) is 0.333. The highest BCUT2D eigenvalue weighted by molar-refractivity contribution is 5.86. The highest BCUT2D eigenvalue weighted by Gasteiger charge is 2.26. The summed E-state index contributed by atoms with van der Waals surface area (Å²) >= 11 is 0. The van der Waals surface area contributed by atoms with Gasteiger partial charge >= 0.3 is 0 Å². The smallest absolute Gasteiger partial charge is 0.165 e. The molecule has 5 heteroatoms. The van der Waals surface area contributed by atoms with Crippen molar-refractivity contribution in [1.29, 1.82) is 0 Å². The number of hydrogen-bond acceptors (Lipinski definition) is 4. The Bertz CT molecular complexity index is 1600. The number of aryl methyl sites for hydroxylation is 2. The van der Waals surface area contributed by atoms with Gasteiger partial charge in [-0.15, -0.1) is 0 Å². The first-order chi connectivity index (χ1) is 18.3. The third-order valence-corrected chi connectivity index (χ3v) is 7.93. The van der Waals surface area contributed by atoms with E-state index in [1.54, 1.807) is 0 Å². The molecular formula is C33H37N5. The highest BCUT2D eigenvalue weighted by Crippen LogP contribution is 2.33. The molecule has 194 valence electrons. The van der Waals surface area contributed by atoms with Crippen molar-refractivity contribution >= 4 is 22.2 Å². The summed E-state index contributed by atoms with van der Waals surface area (Å²) in [7, 11) is 0. The van der Waals surface area contributed by atoms with Gasteiger partial charge in [-0.3, -0.25) is 4.90 Å². The fourth-order valence-corrected chi connectivity index (χ4v) is 5.67. The van der Waals surface area contributed by atoms with Crippen LogP contribution in [-0.4, -0.2) is 45.7 Å². The van der Waals surface area contributed by atoms with Gasteiger partial charge in [-0.25, -0.2) is 4.98 Å². The van der Waals surface area contributed by atoms with E-state index in [2.05, 4.69) is 122 Å². The number of piperazine rings is 1. The van der Waals surface area contributed by atoms with E-state index in [9.17, 15) is 0 Å². The zero-order valence-electron chi connectivity index (χ0n) is 23.2. The molecule has 0 unspecified atom stereocenters. The van der Waals surface area contributed by atoms with Crippen LogP contribution in [-0.2, 0) is 12.0 Å². The van der Waals surface area contributed by atoms with E-state index in [0.717, 1.165) is 61.1 Å². The van der Waals surface area contributed by atoms with Crippen LogP contribution in [0, 0.1) is 13.8 Å². The maximum absolute atomic E-state index is 5.17. The van der Waals surface area contributed by atoms with E-state index in [1.165, 1.54) is 27.5 Å². The van der Waals surface area contributed by atoms with E-state index in [1.807, 2.05) is 0 Å². The van der Waals surface area contributed by atoms with Gasteiger partial charge in [0.1, 0.15) is 5.82 Å². The van der Waals surface area contributed by atoms with E-state index < -0.39 is 0 Å². The van der Waals surface area contributed by atoms with E-state index in [0.29, 0.717) is 0 Å². The zero-order valence-corrected chi connectivity index (χ0v) is 23.2. The van der Waals surface area contributed by atoms with Gasteiger partial charge in [-0.05, 0) is 41.3 Å². The molecule has 1 aliphatic heterocycles. The summed E-state index contributed by atoms with van der Waals surface area (Å²) in [5.74, 6) is 1.14. The summed E-state index contributed by atoms with van der Waals surface area (Å²) in [6.45, 7) is 16.0. The Morgan fingerprint density at radius 3 is 2.26 bits per heavy atom. The normalized spacial score (nSPS) is 15.0. The SMILES string of the molecule is Cc1ccc2ccccc2c1CN1CCN(c2cc(C(C)(C)C)nc3c(-c4ccccc4)c(C)nn23)CC1. The van der Waals surface area contributed by atoms with Crippen molar-refractivity contribution in [3.8, 4) is 11.1 Å². The summed E-state index contributed by atoms with van der Waals surface area (Å²) in [6, 6.07) is 26.1. The number of anilines is 1. The Hall–Kier alpha value is -3.70. The van der Waals surface area contributed by atoms with Crippen molar-refractivity contribution in [1.82, 2.24) is 19.5 Å². The summed E-state index contributed by atoms with van der Waals surface area (Å²) in [4.78, 5) is 10.3. The van der Waals surface area contributed by atoms with Crippen molar-refractivity contribution in [3.05, 3.63) is 95.3 Å². The average Bonchev–Trinajstić information content (AvgIpc) is 3.26. The number of fused-ring (bicyclic) bond motifs is 2. The molecule has 6 rings (SSSR count). The van der Waals surface area contributed by atoms with Crippen molar-refractivity contribution in [2.75, 3.05) is 31.1 Å². The van der Waals surface area contributed by atoms with Crippen LogP contribution in [0.1, 0.15) is 43.3 Å². The van der Waals surface area contributed by atoms with Gasteiger partial charge in [0.2, 0.25) is 0 Å². The number of aromatic nitrogens is 3. The minimum atomic E-state index is -0.0592. The Morgan fingerprint density at radius 1 is 0.816 bits per heavy atom. The first-order valence-electron chi connectivity index (χ1n) is 13.7. The Kier molecular flexibility index (Phi) is 6.19. The summed E-state index contributed by atoms with van der Waals surface area (Å²) in [5.41, 5.74) is 8.13. The van der Waals surface area contributed by atoms with E-state index >= 15 is 0 Å². The van der Waals surface area contributed by atoms with Gasteiger partial charge in [0.15, 0.2) is 5.65 Å². The van der Waals surface area contributed by atoms with Crippen molar-refractivity contribution < 1.29 is 0 Å². The molecule has 1 saturated heterocycles. The molecule has 0 radical (unpaired) electrons. The largest absolute Gasteiger partial charge is 0.354 e. The molecule has 0 N–H and O–H groups in total. The van der Waals surface area contributed by atoms with Crippen molar-refractivity contribution in [3.63, 3.8) is 0 Å². The fourth-order valence-electron chi connectivity index (χ4n) is 5.67. The zero-order chi connectivity index (χ0) is 26.4. The van der Waals surface area contributed by atoms with Crippen LogP contribution in [0.5, 0.6) is 0 Å². The van der Waals surface area contributed by atoms with Crippen LogP contribution in [0.15, 0.2) is 72.8 Å². The van der Waals surface area contributed by atoms with Crippen molar-refractivity contribution in [2.45, 2.75) is 46.6 Å². The molecule has 1 fully saturated rings. The topological polar surface area (TPSA) is 36.7 Å². The first-order valence-corrected chi connectivity index (χ1v) is 13.7. The number of hydrogen-bond donors (Lipinski definition) is 0. The Morgan fingerprint density at radius 2 is 1.53 bits per heavy atom. The van der Waals surface area contributed by atoms with E-state index in [-0.39, 0.29) is 5.41 Å².